The van der Waals surface area contributed by atoms with Crippen LogP contribution in [-0.4, -0.2) is 29.5 Å². The SMILES string of the molecule is CCNc1cccc(NCC(C)SC)c1[N+](=O)[O-]. The van der Waals surface area contributed by atoms with Gasteiger partial charge in [-0.25, -0.2) is 0 Å². The second-order valence-corrected chi connectivity index (χ2v) is 5.19. The van der Waals surface area contributed by atoms with E-state index in [0.29, 0.717) is 29.7 Å². The molecule has 18 heavy (non-hydrogen) atoms. The van der Waals surface area contributed by atoms with Crippen LogP contribution in [0.15, 0.2) is 18.2 Å². The number of nitro groups is 1. The number of benzene rings is 1. The molecule has 0 radical (unpaired) electrons. The van der Waals surface area contributed by atoms with Crippen LogP contribution in [0.4, 0.5) is 17.1 Å². The number of nitrogens with zero attached hydrogens (tertiary/aromatic N) is 1. The molecule has 2 N–H and O–H groups in total. The maximum Gasteiger partial charge on any atom is 0.315 e. The summed E-state index contributed by atoms with van der Waals surface area (Å²) < 4.78 is 0. The third kappa shape index (κ3) is 3.80. The molecule has 0 amide bonds. The minimum atomic E-state index is -0.343. The van der Waals surface area contributed by atoms with Gasteiger partial charge in [-0.2, -0.15) is 11.8 Å². The molecule has 0 aliphatic heterocycles. The molecule has 5 nitrogen and oxygen atoms in total. The number of para-hydroxylation sites is 1. The van der Waals surface area contributed by atoms with Crippen LogP contribution in [-0.2, 0) is 0 Å². The van der Waals surface area contributed by atoms with Crippen molar-refractivity contribution in [1.82, 2.24) is 0 Å². The van der Waals surface area contributed by atoms with Crippen LogP contribution in [0.1, 0.15) is 13.8 Å². The molecule has 0 aliphatic rings. The van der Waals surface area contributed by atoms with Gasteiger partial charge in [-0.15, -0.1) is 0 Å². The summed E-state index contributed by atoms with van der Waals surface area (Å²) in [7, 11) is 0. The highest BCUT2D eigenvalue weighted by Crippen LogP contribution is 2.32. The smallest absolute Gasteiger partial charge is 0.315 e. The fraction of sp³-hybridized carbons (Fsp3) is 0.500. The quantitative estimate of drug-likeness (QED) is 0.588. The first-order valence-corrected chi connectivity index (χ1v) is 7.16. The van der Waals surface area contributed by atoms with Crippen molar-refractivity contribution in [3.63, 3.8) is 0 Å². The molecule has 1 aromatic carbocycles. The molecule has 100 valence electrons. The van der Waals surface area contributed by atoms with Gasteiger partial charge in [0, 0.05) is 18.3 Å². The largest absolute Gasteiger partial charge is 0.380 e. The Hall–Kier alpha value is -1.43. The minimum absolute atomic E-state index is 0.118. The molecule has 0 fully saturated rings. The van der Waals surface area contributed by atoms with Crippen LogP contribution in [0, 0.1) is 10.1 Å². The maximum absolute atomic E-state index is 11.2. The number of anilines is 2. The summed E-state index contributed by atoms with van der Waals surface area (Å²) >= 11 is 1.72. The van der Waals surface area contributed by atoms with Gasteiger partial charge in [0.1, 0.15) is 11.4 Å². The Morgan fingerprint density at radius 1 is 1.39 bits per heavy atom. The van der Waals surface area contributed by atoms with E-state index >= 15 is 0 Å². The van der Waals surface area contributed by atoms with Crippen LogP contribution in [0.5, 0.6) is 0 Å². The van der Waals surface area contributed by atoms with Gasteiger partial charge in [-0.1, -0.05) is 13.0 Å². The Balaban J connectivity index is 2.95. The number of hydrogen-bond acceptors (Lipinski definition) is 5. The molecule has 0 spiro atoms. The summed E-state index contributed by atoms with van der Waals surface area (Å²) in [5.41, 5.74) is 1.25. The van der Waals surface area contributed by atoms with E-state index in [1.165, 1.54) is 0 Å². The number of rotatable bonds is 7. The van der Waals surface area contributed by atoms with Gasteiger partial charge in [0.2, 0.25) is 0 Å². The van der Waals surface area contributed by atoms with Crippen molar-refractivity contribution in [3.05, 3.63) is 28.3 Å². The van der Waals surface area contributed by atoms with Gasteiger partial charge in [0.15, 0.2) is 0 Å². The lowest BCUT2D eigenvalue weighted by Crippen LogP contribution is -2.14. The van der Waals surface area contributed by atoms with E-state index in [4.69, 9.17) is 0 Å². The third-order valence-corrected chi connectivity index (χ3v) is 3.54. The summed E-state index contributed by atoms with van der Waals surface area (Å²) in [6.45, 7) is 5.36. The normalized spacial score (nSPS) is 11.9. The zero-order valence-corrected chi connectivity index (χ0v) is 11.7. The van der Waals surface area contributed by atoms with E-state index in [1.807, 2.05) is 19.2 Å². The Labute approximate surface area is 111 Å². The summed E-state index contributed by atoms with van der Waals surface area (Å²) in [4.78, 5) is 10.8. The lowest BCUT2D eigenvalue weighted by atomic mass is 10.2. The Kier molecular flexibility index (Phi) is 5.77. The van der Waals surface area contributed by atoms with Crippen LogP contribution in [0.2, 0.25) is 0 Å². The van der Waals surface area contributed by atoms with Gasteiger partial charge in [-0.05, 0) is 25.3 Å². The van der Waals surface area contributed by atoms with E-state index in [2.05, 4.69) is 17.6 Å². The molecule has 0 saturated heterocycles. The Morgan fingerprint density at radius 2 is 2.00 bits per heavy atom. The molecule has 1 atom stereocenters. The van der Waals surface area contributed by atoms with Crippen molar-refractivity contribution in [1.29, 1.82) is 0 Å². The number of nitrogens with one attached hydrogen (secondary N) is 2. The zero-order valence-electron chi connectivity index (χ0n) is 10.9. The van der Waals surface area contributed by atoms with E-state index < -0.39 is 0 Å². The summed E-state index contributed by atoms with van der Waals surface area (Å²) in [5.74, 6) is 0. The Bertz CT molecular complexity index is 412. The second kappa shape index (κ2) is 7.10. The molecule has 0 heterocycles. The first-order chi connectivity index (χ1) is 8.60. The predicted molar refractivity (Wildman–Crippen MR) is 78.7 cm³/mol. The summed E-state index contributed by atoms with van der Waals surface area (Å²) in [5, 5.41) is 17.7. The minimum Gasteiger partial charge on any atom is -0.380 e. The van der Waals surface area contributed by atoms with Crippen molar-refractivity contribution >= 4 is 28.8 Å². The van der Waals surface area contributed by atoms with Crippen molar-refractivity contribution in [2.45, 2.75) is 19.1 Å². The molecule has 1 rings (SSSR count). The number of hydrogen-bond donors (Lipinski definition) is 2. The highest BCUT2D eigenvalue weighted by molar-refractivity contribution is 7.99. The standard InChI is InChI=1S/C12H19N3O2S/c1-4-13-10-6-5-7-11(12(10)15(16)17)14-8-9(2)18-3/h5-7,9,13-14H,4,8H2,1-3H3. The maximum atomic E-state index is 11.2. The van der Waals surface area contributed by atoms with Crippen LogP contribution in [0.3, 0.4) is 0 Å². The highest BCUT2D eigenvalue weighted by Gasteiger charge is 2.19. The lowest BCUT2D eigenvalue weighted by Gasteiger charge is -2.13. The van der Waals surface area contributed by atoms with Gasteiger partial charge in [0.25, 0.3) is 0 Å². The van der Waals surface area contributed by atoms with Crippen molar-refractivity contribution < 1.29 is 4.92 Å². The van der Waals surface area contributed by atoms with Gasteiger partial charge in [0.05, 0.1) is 4.92 Å². The molecule has 0 bridgehead atoms. The fourth-order valence-corrected chi connectivity index (χ4v) is 1.80. The topological polar surface area (TPSA) is 67.2 Å². The molecular formula is C12H19N3O2S. The van der Waals surface area contributed by atoms with E-state index in [9.17, 15) is 10.1 Å². The van der Waals surface area contributed by atoms with Gasteiger partial charge >= 0.3 is 5.69 Å². The molecule has 0 aromatic heterocycles. The molecule has 6 heteroatoms. The highest BCUT2D eigenvalue weighted by atomic mass is 32.2. The number of thioether (sulfide) groups is 1. The average molecular weight is 269 g/mol. The first kappa shape index (κ1) is 14.6. The average Bonchev–Trinajstić information content (AvgIpc) is 2.36. The van der Waals surface area contributed by atoms with E-state index in [-0.39, 0.29) is 10.6 Å². The molecule has 1 aromatic rings. The van der Waals surface area contributed by atoms with Gasteiger partial charge in [-0.3, -0.25) is 10.1 Å². The summed E-state index contributed by atoms with van der Waals surface area (Å²) in [6, 6.07) is 5.29. The fourth-order valence-electron chi connectivity index (χ4n) is 1.55. The van der Waals surface area contributed by atoms with E-state index in [0.717, 1.165) is 0 Å². The van der Waals surface area contributed by atoms with Crippen LogP contribution in [0.25, 0.3) is 0 Å². The lowest BCUT2D eigenvalue weighted by molar-refractivity contribution is -0.383. The monoisotopic (exact) mass is 269 g/mol. The van der Waals surface area contributed by atoms with Crippen molar-refractivity contribution in [2.75, 3.05) is 30.0 Å². The Morgan fingerprint density at radius 3 is 2.50 bits per heavy atom. The number of nitro benzene ring substituents is 1. The zero-order chi connectivity index (χ0) is 13.5. The second-order valence-electron chi connectivity index (χ2n) is 3.92. The third-order valence-electron chi connectivity index (χ3n) is 2.57. The molecule has 0 saturated carbocycles. The van der Waals surface area contributed by atoms with Crippen LogP contribution < -0.4 is 10.6 Å². The molecule has 1 unspecified atom stereocenters. The molecule has 0 aliphatic carbocycles. The summed E-state index contributed by atoms with van der Waals surface area (Å²) in [6.07, 6.45) is 2.02. The predicted octanol–water partition coefficient (Wildman–Crippen LogP) is 3.19. The molecular weight excluding hydrogens is 250 g/mol. The van der Waals surface area contributed by atoms with Gasteiger partial charge < -0.3 is 10.6 Å². The van der Waals surface area contributed by atoms with Crippen molar-refractivity contribution in [2.24, 2.45) is 0 Å². The van der Waals surface area contributed by atoms with Crippen molar-refractivity contribution in [3.8, 4) is 0 Å². The first-order valence-electron chi connectivity index (χ1n) is 5.88. The van der Waals surface area contributed by atoms with E-state index in [1.54, 1.807) is 23.9 Å². The van der Waals surface area contributed by atoms with Crippen LogP contribution >= 0.6 is 11.8 Å².